The van der Waals surface area contributed by atoms with Crippen LogP contribution in [0.4, 0.5) is 5.69 Å². The van der Waals surface area contributed by atoms with Gasteiger partial charge in [-0.2, -0.15) is 0 Å². The van der Waals surface area contributed by atoms with Crippen molar-refractivity contribution < 1.29 is 23.1 Å². The smallest absolute Gasteiger partial charge is 0.342 e. The Labute approximate surface area is 175 Å². The summed E-state index contributed by atoms with van der Waals surface area (Å²) in [5.41, 5.74) is 0.552. The Morgan fingerprint density at radius 2 is 1.89 bits per heavy atom. The van der Waals surface area contributed by atoms with E-state index in [-0.39, 0.29) is 27.8 Å². The van der Waals surface area contributed by atoms with Crippen LogP contribution in [-0.2, 0) is 21.4 Å². The predicted octanol–water partition coefficient (Wildman–Crippen LogP) is 4.92. The maximum atomic E-state index is 12.3. The second kappa shape index (κ2) is 8.40. The minimum absolute atomic E-state index is 0.0969. The molecule has 0 aliphatic heterocycles. The molecule has 0 unspecified atom stereocenters. The van der Waals surface area contributed by atoms with E-state index >= 15 is 0 Å². The molecule has 28 heavy (non-hydrogen) atoms. The van der Waals surface area contributed by atoms with E-state index < -0.39 is 16.0 Å². The molecule has 0 radical (unpaired) electrons. The molecule has 2 N–H and O–H groups in total. The number of nitrogens with one attached hydrogen (secondary N) is 1. The normalized spacial score (nSPS) is 11.2. The van der Waals surface area contributed by atoms with Crippen molar-refractivity contribution in [3.8, 4) is 5.75 Å². The Kier molecular flexibility index (Phi) is 6.14. The van der Waals surface area contributed by atoms with E-state index in [2.05, 4.69) is 4.72 Å². The van der Waals surface area contributed by atoms with E-state index in [0.717, 1.165) is 11.3 Å². The van der Waals surface area contributed by atoms with Crippen molar-refractivity contribution in [2.24, 2.45) is 0 Å². The summed E-state index contributed by atoms with van der Waals surface area (Å²) in [7, 11) is -3.78. The Hall–Kier alpha value is -2.26. The number of hydrogen-bond acceptors (Lipinski definition) is 6. The largest absolute Gasteiger partial charge is 0.507 e. The molecule has 6 nitrogen and oxygen atoms in total. The summed E-state index contributed by atoms with van der Waals surface area (Å²) in [5, 5.41) is 12.3. The first-order valence-electron chi connectivity index (χ1n) is 7.76. The highest BCUT2D eigenvalue weighted by Gasteiger charge is 2.18. The van der Waals surface area contributed by atoms with Crippen molar-refractivity contribution in [3.05, 3.63) is 75.1 Å². The van der Waals surface area contributed by atoms with Crippen LogP contribution < -0.4 is 4.72 Å². The van der Waals surface area contributed by atoms with Crippen LogP contribution in [0.2, 0.25) is 10.0 Å². The van der Waals surface area contributed by atoms with Gasteiger partial charge in [0.05, 0.1) is 10.0 Å². The highest BCUT2D eigenvalue weighted by atomic mass is 35.5. The number of aromatic hydroxyl groups is 1. The molecule has 146 valence electrons. The quantitative estimate of drug-likeness (QED) is 0.404. The first-order valence-corrected chi connectivity index (χ1v) is 10.9. The number of anilines is 1. The highest BCUT2D eigenvalue weighted by Crippen LogP contribution is 2.27. The number of esters is 1. The second-order valence-electron chi connectivity index (χ2n) is 5.59. The topological polar surface area (TPSA) is 92.7 Å². The van der Waals surface area contributed by atoms with Gasteiger partial charge in [0.1, 0.15) is 22.1 Å². The molecular weight excluding hydrogens is 445 g/mol. The third-order valence-electron chi connectivity index (χ3n) is 3.58. The molecule has 3 rings (SSSR count). The van der Waals surface area contributed by atoms with Gasteiger partial charge in [-0.25, -0.2) is 13.2 Å². The summed E-state index contributed by atoms with van der Waals surface area (Å²) in [6.45, 7) is -0.0969. The van der Waals surface area contributed by atoms with Crippen molar-refractivity contribution in [3.63, 3.8) is 0 Å². The van der Waals surface area contributed by atoms with Crippen molar-refractivity contribution in [2.45, 2.75) is 10.8 Å². The summed E-state index contributed by atoms with van der Waals surface area (Å²) < 4.78 is 32.3. The van der Waals surface area contributed by atoms with Crippen molar-refractivity contribution in [1.29, 1.82) is 0 Å². The number of carbonyl (C=O) groups is 1. The number of sulfonamides is 1. The van der Waals surface area contributed by atoms with Gasteiger partial charge in [-0.3, -0.25) is 4.72 Å². The summed E-state index contributed by atoms with van der Waals surface area (Å²) in [5.74, 6) is -1.15. The van der Waals surface area contributed by atoms with Gasteiger partial charge in [-0.1, -0.05) is 35.3 Å². The van der Waals surface area contributed by atoms with Crippen LogP contribution in [0, 0.1) is 0 Å². The molecule has 1 heterocycles. The summed E-state index contributed by atoms with van der Waals surface area (Å²) in [6, 6.07) is 11.6. The van der Waals surface area contributed by atoms with E-state index in [9.17, 15) is 18.3 Å². The fraction of sp³-hybridized carbons (Fsp3) is 0.0556. The van der Waals surface area contributed by atoms with Gasteiger partial charge in [0.25, 0.3) is 10.0 Å². The van der Waals surface area contributed by atoms with E-state index in [0.29, 0.717) is 15.6 Å². The van der Waals surface area contributed by atoms with Crippen LogP contribution in [0.5, 0.6) is 5.75 Å². The lowest BCUT2D eigenvalue weighted by Crippen LogP contribution is -2.12. The average molecular weight is 458 g/mol. The molecule has 0 aliphatic rings. The van der Waals surface area contributed by atoms with E-state index in [1.807, 2.05) is 0 Å². The summed E-state index contributed by atoms with van der Waals surface area (Å²) in [6.07, 6.45) is 0. The zero-order valence-electron chi connectivity index (χ0n) is 14.1. The van der Waals surface area contributed by atoms with E-state index in [4.69, 9.17) is 27.9 Å². The highest BCUT2D eigenvalue weighted by molar-refractivity contribution is 7.94. The number of ether oxygens (including phenoxy) is 1. The number of halogens is 2. The number of rotatable bonds is 6. The lowest BCUT2D eigenvalue weighted by atomic mass is 10.2. The van der Waals surface area contributed by atoms with Gasteiger partial charge in [0, 0.05) is 5.69 Å². The van der Waals surface area contributed by atoms with E-state index in [1.54, 1.807) is 29.6 Å². The molecule has 0 amide bonds. The number of phenols is 1. The first-order chi connectivity index (χ1) is 13.3. The Balaban J connectivity index is 1.75. The Morgan fingerprint density at radius 1 is 1.11 bits per heavy atom. The molecule has 0 bridgehead atoms. The Morgan fingerprint density at radius 3 is 2.57 bits per heavy atom. The SMILES string of the molecule is O=C(OCc1ccc(Cl)c(Cl)c1)c1cc(NS(=O)(=O)c2cccs2)ccc1O. The minimum atomic E-state index is -3.78. The van der Waals surface area contributed by atoms with E-state index in [1.165, 1.54) is 24.3 Å². The van der Waals surface area contributed by atoms with Gasteiger partial charge in [0.2, 0.25) is 0 Å². The monoisotopic (exact) mass is 457 g/mol. The Bertz CT molecular complexity index is 1120. The van der Waals surface area contributed by atoms with Gasteiger partial charge >= 0.3 is 5.97 Å². The summed E-state index contributed by atoms with van der Waals surface area (Å²) >= 11 is 12.8. The minimum Gasteiger partial charge on any atom is -0.507 e. The number of benzene rings is 2. The zero-order chi connectivity index (χ0) is 20.3. The number of thiophene rings is 1. The van der Waals surface area contributed by atoms with Crippen LogP contribution in [-0.4, -0.2) is 19.5 Å². The van der Waals surface area contributed by atoms with Crippen LogP contribution in [0.25, 0.3) is 0 Å². The van der Waals surface area contributed by atoms with Crippen LogP contribution in [0.1, 0.15) is 15.9 Å². The van der Waals surface area contributed by atoms with Gasteiger partial charge in [-0.15, -0.1) is 11.3 Å². The van der Waals surface area contributed by atoms with Gasteiger partial charge in [-0.05, 0) is 47.3 Å². The van der Waals surface area contributed by atoms with Gasteiger partial charge < -0.3 is 9.84 Å². The molecule has 1 aromatic heterocycles. The molecule has 0 saturated heterocycles. The molecule has 2 aromatic carbocycles. The molecule has 0 spiro atoms. The lowest BCUT2D eigenvalue weighted by molar-refractivity contribution is 0.0469. The van der Waals surface area contributed by atoms with Crippen LogP contribution in [0.3, 0.4) is 0 Å². The van der Waals surface area contributed by atoms with Crippen molar-refractivity contribution in [2.75, 3.05) is 4.72 Å². The number of carbonyl (C=O) groups excluding carboxylic acids is 1. The lowest BCUT2D eigenvalue weighted by Gasteiger charge is -2.10. The van der Waals surface area contributed by atoms with Gasteiger partial charge in [0.15, 0.2) is 0 Å². The first kappa shape index (κ1) is 20.5. The molecule has 0 aliphatic carbocycles. The average Bonchev–Trinajstić information content (AvgIpc) is 3.19. The molecule has 0 saturated carbocycles. The zero-order valence-corrected chi connectivity index (χ0v) is 17.2. The second-order valence-corrected chi connectivity index (χ2v) is 9.27. The van der Waals surface area contributed by atoms with Crippen molar-refractivity contribution in [1.82, 2.24) is 0 Å². The molecule has 0 fully saturated rings. The van der Waals surface area contributed by atoms with Crippen molar-refractivity contribution >= 4 is 56.2 Å². The van der Waals surface area contributed by atoms with Crippen LogP contribution >= 0.6 is 34.5 Å². The molecular formula is C18H13Cl2NO5S2. The molecule has 0 atom stereocenters. The third-order valence-corrected chi connectivity index (χ3v) is 7.10. The van der Waals surface area contributed by atoms with Crippen LogP contribution in [0.15, 0.2) is 58.1 Å². The number of phenolic OH excluding ortho intramolecular Hbond substituents is 1. The fourth-order valence-electron chi connectivity index (χ4n) is 2.24. The summed E-state index contributed by atoms with van der Waals surface area (Å²) in [4.78, 5) is 12.3. The predicted molar refractivity (Wildman–Crippen MR) is 109 cm³/mol. The maximum Gasteiger partial charge on any atom is 0.342 e. The standard InChI is InChI=1S/C18H13Cl2NO5S2/c19-14-5-3-11(8-15(14)20)10-26-18(23)13-9-12(4-6-16(13)22)21-28(24,25)17-2-1-7-27-17/h1-9,21-22H,10H2. The number of hydrogen-bond donors (Lipinski definition) is 2. The maximum absolute atomic E-state index is 12.3. The third kappa shape index (κ3) is 4.77. The fourth-order valence-corrected chi connectivity index (χ4v) is 4.60. The molecule has 3 aromatic rings. The molecule has 10 heteroatoms.